The van der Waals surface area contributed by atoms with Gasteiger partial charge in [0.05, 0.1) is 10.7 Å². The highest BCUT2D eigenvalue weighted by atomic mass is 35.5. The highest BCUT2D eigenvalue weighted by Gasteiger charge is 2.19. The summed E-state index contributed by atoms with van der Waals surface area (Å²) in [6.45, 7) is 0. The van der Waals surface area contributed by atoms with Crippen molar-refractivity contribution >= 4 is 33.0 Å². The van der Waals surface area contributed by atoms with E-state index in [-0.39, 0.29) is 16.4 Å². The fourth-order valence-electron chi connectivity index (χ4n) is 1.56. The van der Waals surface area contributed by atoms with Crippen molar-refractivity contribution in [3.8, 4) is 0 Å². The minimum atomic E-state index is -4.14. The van der Waals surface area contributed by atoms with Gasteiger partial charge in [-0.3, -0.25) is 4.72 Å². The SMILES string of the molecule is Nc1cc(F)cc(NS(=O)(=O)c2cc(F)ccc2Cl)c1. The van der Waals surface area contributed by atoms with Gasteiger partial charge in [0, 0.05) is 5.69 Å². The molecule has 0 aromatic heterocycles. The number of nitrogen functional groups attached to an aromatic ring is 1. The smallest absolute Gasteiger partial charge is 0.263 e. The van der Waals surface area contributed by atoms with E-state index in [1.165, 1.54) is 6.07 Å². The van der Waals surface area contributed by atoms with Gasteiger partial charge in [0.1, 0.15) is 16.5 Å². The van der Waals surface area contributed by atoms with Crippen molar-refractivity contribution in [3.05, 3.63) is 53.1 Å². The fourth-order valence-corrected chi connectivity index (χ4v) is 3.12. The lowest BCUT2D eigenvalue weighted by molar-refractivity contribution is 0.595. The van der Waals surface area contributed by atoms with Crippen LogP contribution in [0.1, 0.15) is 0 Å². The number of hydrogen-bond acceptors (Lipinski definition) is 3. The fraction of sp³-hybridized carbons (Fsp3) is 0. The summed E-state index contributed by atoms with van der Waals surface area (Å²) in [5.41, 5.74) is 5.38. The van der Waals surface area contributed by atoms with Crippen molar-refractivity contribution in [3.63, 3.8) is 0 Å². The van der Waals surface area contributed by atoms with Crippen LogP contribution in [0.4, 0.5) is 20.2 Å². The molecule has 0 radical (unpaired) electrons. The molecule has 0 amide bonds. The molecule has 8 heteroatoms. The molecular formula is C12H9ClF2N2O2S. The van der Waals surface area contributed by atoms with Crippen LogP contribution in [0.5, 0.6) is 0 Å². The Labute approximate surface area is 119 Å². The Morgan fingerprint density at radius 2 is 1.75 bits per heavy atom. The normalized spacial score (nSPS) is 11.3. The molecule has 20 heavy (non-hydrogen) atoms. The van der Waals surface area contributed by atoms with Crippen LogP contribution in [0.2, 0.25) is 5.02 Å². The van der Waals surface area contributed by atoms with Gasteiger partial charge in [-0.15, -0.1) is 0 Å². The molecule has 2 rings (SSSR count). The van der Waals surface area contributed by atoms with Gasteiger partial charge in [0.25, 0.3) is 10.0 Å². The molecule has 0 unspecified atom stereocenters. The zero-order valence-corrected chi connectivity index (χ0v) is 11.5. The van der Waals surface area contributed by atoms with Gasteiger partial charge in [-0.2, -0.15) is 0 Å². The first-order chi connectivity index (χ1) is 9.28. The second-order valence-electron chi connectivity index (χ2n) is 3.95. The number of benzene rings is 2. The minimum absolute atomic E-state index is 0.0491. The standard InChI is InChI=1S/C12H9ClF2N2O2S/c13-11-2-1-7(14)5-12(11)20(18,19)17-10-4-8(15)3-9(16)6-10/h1-6,17H,16H2. The predicted octanol–water partition coefficient (Wildman–Crippen LogP) is 3.00. The summed E-state index contributed by atoms with van der Waals surface area (Å²) in [5.74, 6) is -1.46. The quantitative estimate of drug-likeness (QED) is 0.854. The van der Waals surface area contributed by atoms with E-state index in [0.717, 1.165) is 30.3 Å². The highest BCUT2D eigenvalue weighted by molar-refractivity contribution is 7.92. The summed E-state index contributed by atoms with van der Waals surface area (Å²) in [7, 11) is -4.14. The van der Waals surface area contributed by atoms with Crippen LogP contribution in [0.3, 0.4) is 0 Å². The second-order valence-corrected chi connectivity index (χ2v) is 6.01. The molecule has 0 saturated heterocycles. The minimum Gasteiger partial charge on any atom is -0.399 e. The zero-order chi connectivity index (χ0) is 14.9. The van der Waals surface area contributed by atoms with E-state index in [0.29, 0.717) is 0 Å². The van der Waals surface area contributed by atoms with E-state index in [1.807, 2.05) is 0 Å². The topological polar surface area (TPSA) is 72.2 Å². The number of anilines is 2. The Balaban J connectivity index is 2.43. The molecule has 0 saturated carbocycles. The first-order valence-corrected chi connectivity index (χ1v) is 7.18. The first-order valence-electron chi connectivity index (χ1n) is 5.32. The summed E-state index contributed by atoms with van der Waals surface area (Å²) in [4.78, 5) is -0.443. The predicted molar refractivity (Wildman–Crippen MR) is 73.0 cm³/mol. The van der Waals surface area contributed by atoms with E-state index >= 15 is 0 Å². The van der Waals surface area contributed by atoms with Gasteiger partial charge < -0.3 is 5.73 Å². The number of nitrogens with two attached hydrogens (primary N) is 1. The summed E-state index contributed by atoms with van der Waals surface area (Å²) in [5, 5.41) is -0.150. The molecule has 2 aromatic rings. The van der Waals surface area contributed by atoms with E-state index in [1.54, 1.807) is 0 Å². The van der Waals surface area contributed by atoms with Crippen LogP contribution in [-0.2, 0) is 10.0 Å². The van der Waals surface area contributed by atoms with Crippen LogP contribution in [0.15, 0.2) is 41.3 Å². The zero-order valence-electron chi connectivity index (χ0n) is 9.90. The number of halogens is 3. The highest BCUT2D eigenvalue weighted by Crippen LogP contribution is 2.25. The number of sulfonamides is 1. The maximum absolute atomic E-state index is 13.1. The Kier molecular flexibility index (Phi) is 3.82. The van der Waals surface area contributed by atoms with E-state index in [4.69, 9.17) is 17.3 Å². The van der Waals surface area contributed by atoms with E-state index < -0.39 is 26.6 Å². The maximum Gasteiger partial charge on any atom is 0.263 e. The van der Waals surface area contributed by atoms with Crippen molar-refractivity contribution in [2.75, 3.05) is 10.5 Å². The largest absolute Gasteiger partial charge is 0.399 e. The number of nitrogens with one attached hydrogen (secondary N) is 1. The summed E-state index contributed by atoms with van der Waals surface area (Å²) in [6.07, 6.45) is 0. The Morgan fingerprint density at radius 3 is 2.40 bits per heavy atom. The molecule has 106 valence electrons. The second kappa shape index (κ2) is 5.26. The molecule has 3 N–H and O–H groups in total. The van der Waals surface area contributed by atoms with E-state index in [2.05, 4.69) is 4.72 Å². The number of rotatable bonds is 3. The molecule has 0 fully saturated rings. The van der Waals surface area contributed by atoms with Gasteiger partial charge in [-0.25, -0.2) is 17.2 Å². The third kappa shape index (κ3) is 3.17. The Hall–Kier alpha value is -1.86. The summed E-state index contributed by atoms with van der Waals surface area (Å²) < 4.78 is 52.5. The van der Waals surface area contributed by atoms with Crippen LogP contribution in [0, 0.1) is 11.6 Å². The lowest BCUT2D eigenvalue weighted by atomic mass is 10.3. The average Bonchev–Trinajstić information content (AvgIpc) is 2.30. The molecular weight excluding hydrogens is 310 g/mol. The molecule has 0 aliphatic carbocycles. The van der Waals surface area contributed by atoms with Crippen molar-refractivity contribution in [1.82, 2.24) is 0 Å². The van der Waals surface area contributed by atoms with Gasteiger partial charge in [-0.05, 0) is 36.4 Å². The maximum atomic E-state index is 13.1. The molecule has 0 aliphatic rings. The number of hydrogen-bond donors (Lipinski definition) is 2. The molecule has 2 aromatic carbocycles. The van der Waals surface area contributed by atoms with Gasteiger partial charge in [-0.1, -0.05) is 11.6 Å². The third-order valence-electron chi connectivity index (χ3n) is 2.36. The first kappa shape index (κ1) is 14.5. The van der Waals surface area contributed by atoms with Gasteiger partial charge >= 0.3 is 0 Å². The van der Waals surface area contributed by atoms with Crippen molar-refractivity contribution < 1.29 is 17.2 Å². The molecule has 4 nitrogen and oxygen atoms in total. The van der Waals surface area contributed by atoms with Crippen LogP contribution in [0.25, 0.3) is 0 Å². The third-order valence-corrected chi connectivity index (χ3v) is 4.22. The molecule has 0 spiro atoms. The van der Waals surface area contributed by atoms with Crippen LogP contribution < -0.4 is 10.5 Å². The lowest BCUT2D eigenvalue weighted by Gasteiger charge is -2.10. The van der Waals surface area contributed by atoms with Gasteiger partial charge in [0.15, 0.2) is 0 Å². The molecule has 0 aliphatic heterocycles. The molecule has 0 bridgehead atoms. The molecule has 0 atom stereocenters. The monoisotopic (exact) mass is 318 g/mol. The summed E-state index contributed by atoms with van der Waals surface area (Å²) >= 11 is 5.72. The lowest BCUT2D eigenvalue weighted by Crippen LogP contribution is -2.14. The van der Waals surface area contributed by atoms with Crippen molar-refractivity contribution in [1.29, 1.82) is 0 Å². The van der Waals surface area contributed by atoms with Crippen LogP contribution in [-0.4, -0.2) is 8.42 Å². The van der Waals surface area contributed by atoms with Crippen molar-refractivity contribution in [2.24, 2.45) is 0 Å². The van der Waals surface area contributed by atoms with Crippen LogP contribution >= 0.6 is 11.6 Å². The Bertz CT molecular complexity index is 746. The van der Waals surface area contributed by atoms with E-state index in [9.17, 15) is 17.2 Å². The van der Waals surface area contributed by atoms with Crippen molar-refractivity contribution in [2.45, 2.75) is 4.90 Å². The van der Waals surface area contributed by atoms with Gasteiger partial charge in [0.2, 0.25) is 0 Å². The summed E-state index contributed by atoms with van der Waals surface area (Å²) in [6, 6.07) is 6.13. The molecule has 0 heterocycles. The average molecular weight is 319 g/mol. The Morgan fingerprint density at radius 1 is 1.05 bits per heavy atom.